The van der Waals surface area contributed by atoms with Crippen molar-refractivity contribution in [3.05, 3.63) is 29.8 Å². The fourth-order valence-electron chi connectivity index (χ4n) is 1.78. The smallest absolute Gasteiger partial charge is 0.128 e. The van der Waals surface area contributed by atoms with Gasteiger partial charge in [-0.05, 0) is 25.0 Å². The van der Waals surface area contributed by atoms with Crippen LogP contribution < -0.4 is 0 Å². The minimum Gasteiger partial charge on any atom is -0.508 e. The van der Waals surface area contributed by atoms with Gasteiger partial charge >= 0.3 is 0 Å². The van der Waals surface area contributed by atoms with Gasteiger partial charge in [0.1, 0.15) is 11.6 Å². The molecule has 0 saturated carbocycles. The van der Waals surface area contributed by atoms with Crippen molar-refractivity contribution in [1.29, 1.82) is 5.41 Å². The first-order chi connectivity index (χ1) is 6.77. The van der Waals surface area contributed by atoms with E-state index < -0.39 is 0 Å². The number of aromatic hydroxyl groups is 1. The Labute approximate surface area is 83.5 Å². The van der Waals surface area contributed by atoms with Gasteiger partial charge in [-0.25, -0.2) is 0 Å². The zero-order valence-corrected chi connectivity index (χ0v) is 8.03. The highest BCUT2D eigenvalue weighted by molar-refractivity contribution is 5.96. The Balaban J connectivity index is 2.17. The summed E-state index contributed by atoms with van der Waals surface area (Å²) in [6.45, 7) is 1.93. The summed E-state index contributed by atoms with van der Waals surface area (Å²) in [6.07, 6.45) is 2.34. The van der Waals surface area contributed by atoms with Crippen molar-refractivity contribution in [3.8, 4) is 5.75 Å². The van der Waals surface area contributed by atoms with Gasteiger partial charge in [-0.3, -0.25) is 5.41 Å². The average molecular weight is 190 g/mol. The van der Waals surface area contributed by atoms with Gasteiger partial charge in [-0.1, -0.05) is 12.1 Å². The first kappa shape index (κ1) is 9.06. The Morgan fingerprint density at radius 3 is 2.64 bits per heavy atom. The van der Waals surface area contributed by atoms with Crippen LogP contribution in [0.5, 0.6) is 5.75 Å². The standard InChI is InChI=1S/C11H14N2O/c12-11(13-6-1-2-7-13)9-4-3-5-10(14)8-9/h3-5,8,12,14H,1-2,6-7H2. The van der Waals surface area contributed by atoms with Crippen LogP contribution in [0.1, 0.15) is 18.4 Å². The number of phenols is 1. The molecular weight excluding hydrogens is 176 g/mol. The lowest BCUT2D eigenvalue weighted by atomic mass is 10.2. The van der Waals surface area contributed by atoms with E-state index in [4.69, 9.17) is 5.41 Å². The summed E-state index contributed by atoms with van der Waals surface area (Å²) in [5, 5.41) is 17.2. The molecule has 1 saturated heterocycles. The first-order valence-electron chi connectivity index (χ1n) is 4.90. The Morgan fingerprint density at radius 1 is 1.29 bits per heavy atom. The summed E-state index contributed by atoms with van der Waals surface area (Å²) < 4.78 is 0. The maximum Gasteiger partial charge on any atom is 0.128 e. The van der Waals surface area contributed by atoms with Crippen molar-refractivity contribution in [2.24, 2.45) is 0 Å². The lowest BCUT2D eigenvalue weighted by Crippen LogP contribution is -2.27. The SMILES string of the molecule is N=C(c1cccc(O)c1)N1CCCC1. The normalized spacial score (nSPS) is 15.9. The van der Waals surface area contributed by atoms with Crippen LogP contribution in [0.3, 0.4) is 0 Å². The van der Waals surface area contributed by atoms with E-state index >= 15 is 0 Å². The molecule has 2 rings (SSSR count). The van der Waals surface area contributed by atoms with Crippen LogP contribution in [0.4, 0.5) is 0 Å². The van der Waals surface area contributed by atoms with Gasteiger partial charge in [0.25, 0.3) is 0 Å². The number of hydrogen-bond donors (Lipinski definition) is 2. The van der Waals surface area contributed by atoms with Crippen LogP contribution in [0.15, 0.2) is 24.3 Å². The number of nitrogens with one attached hydrogen (secondary N) is 1. The number of phenolic OH excluding ortho intramolecular Hbond substituents is 1. The third kappa shape index (κ3) is 1.71. The van der Waals surface area contributed by atoms with Crippen molar-refractivity contribution in [1.82, 2.24) is 4.90 Å². The zero-order chi connectivity index (χ0) is 9.97. The molecular formula is C11H14N2O. The van der Waals surface area contributed by atoms with Crippen molar-refractivity contribution >= 4 is 5.84 Å². The molecule has 1 aromatic carbocycles. The van der Waals surface area contributed by atoms with Gasteiger partial charge in [0.15, 0.2) is 0 Å². The van der Waals surface area contributed by atoms with Crippen LogP contribution in [0.2, 0.25) is 0 Å². The van der Waals surface area contributed by atoms with Crippen LogP contribution in [-0.4, -0.2) is 28.9 Å². The van der Waals surface area contributed by atoms with Gasteiger partial charge in [0.05, 0.1) is 0 Å². The molecule has 0 radical (unpaired) electrons. The molecule has 0 unspecified atom stereocenters. The number of hydrogen-bond acceptors (Lipinski definition) is 2. The van der Waals surface area contributed by atoms with Crippen LogP contribution in [-0.2, 0) is 0 Å². The number of benzene rings is 1. The molecule has 1 aromatic rings. The molecule has 0 aromatic heterocycles. The van der Waals surface area contributed by atoms with E-state index in [1.807, 2.05) is 6.07 Å². The Hall–Kier alpha value is -1.51. The third-order valence-electron chi connectivity index (χ3n) is 2.54. The number of nitrogens with zero attached hydrogens (tertiary/aromatic N) is 1. The molecule has 74 valence electrons. The van der Waals surface area contributed by atoms with E-state index in [2.05, 4.69) is 4.90 Å². The summed E-state index contributed by atoms with van der Waals surface area (Å²) in [4.78, 5) is 2.05. The lowest BCUT2D eigenvalue weighted by Gasteiger charge is -2.18. The van der Waals surface area contributed by atoms with Crippen LogP contribution >= 0.6 is 0 Å². The largest absolute Gasteiger partial charge is 0.508 e. The van der Waals surface area contributed by atoms with E-state index in [0.29, 0.717) is 5.84 Å². The van der Waals surface area contributed by atoms with Gasteiger partial charge in [0.2, 0.25) is 0 Å². The van der Waals surface area contributed by atoms with E-state index in [1.54, 1.807) is 18.2 Å². The summed E-state index contributed by atoms with van der Waals surface area (Å²) in [5.41, 5.74) is 0.798. The molecule has 0 spiro atoms. The zero-order valence-electron chi connectivity index (χ0n) is 8.03. The minimum absolute atomic E-state index is 0.228. The van der Waals surface area contributed by atoms with Crippen molar-refractivity contribution in [3.63, 3.8) is 0 Å². The molecule has 0 amide bonds. The maximum atomic E-state index is 9.29. The molecule has 3 nitrogen and oxygen atoms in total. The highest BCUT2D eigenvalue weighted by Gasteiger charge is 2.16. The number of likely N-dealkylation sites (tertiary alicyclic amines) is 1. The second kappa shape index (κ2) is 3.70. The van der Waals surface area contributed by atoms with E-state index in [0.717, 1.165) is 18.7 Å². The molecule has 1 aliphatic heterocycles. The summed E-state index contributed by atoms with van der Waals surface area (Å²) in [5.74, 6) is 0.754. The van der Waals surface area contributed by atoms with Crippen molar-refractivity contribution < 1.29 is 5.11 Å². The highest BCUT2D eigenvalue weighted by Crippen LogP contribution is 2.16. The molecule has 1 aliphatic rings. The Kier molecular flexibility index (Phi) is 2.39. The predicted molar refractivity (Wildman–Crippen MR) is 55.7 cm³/mol. The Bertz CT molecular complexity index is 343. The van der Waals surface area contributed by atoms with Crippen molar-refractivity contribution in [2.75, 3.05) is 13.1 Å². The predicted octanol–water partition coefficient (Wildman–Crippen LogP) is 1.81. The average Bonchev–Trinajstić information content (AvgIpc) is 2.69. The quantitative estimate of drug-likeness (QED) is 0.524. The van der Waals surface area contributed by atoms with Crippen LogP contribution in [0.25, 0.3) is 0 Å². The fraction of sp³-hybridized carbons (Fsp3) is 0.364. The molecule has 2 N–H and O–H groups in total. The first-order valence-corrected chi connectivity index (χ1v) is 4.90. The fourth-order valence-corrected chi connectivity index (χ4v) is 1.78. The molecule has 0 bridgehead atoms. The third-order valence-corrected chi connectivity index (χ3v) is 2.54. The number of amidine groups is 1. The molecule has 3 heteroatoms. The molecule has 1 heterocycles. The second-order valence-corrected chi connectivity index (χ2v) is 3.59. The number of rotatable bonds is 1. The summed E-state index contributed by atoms with van der Waals surface area (Å²) >= 11 is 0. The van der Waals surface area contributed by atoms with Gasteiger partial charge < -0.3 is 10.0 Å². The second-order valence-electron chi connectivity index (χ2n) is 3.59. The lowest BCUT2D eigenvalue weighted by molar-refractivity contribution is 0.474. The van der Waals surface area contributed by atoms with Gasteiger partial charge in [-0.2, -0.15) is 0 Å². The topological polar surface area (TPSA) is 47.3 Å². The maximum absolute atomic E-state index is 9.29. The van der Waals surface area contributed by atoms with E-state index in [-0.39, 0.29) is 5.75 Å². The molecule has 0 atom stereocenters. The molecule has 1 fully saturated rings. The molecule has 0 aliphatic carbocycles. The summed E-state index contributed by atoms with van der Waals surface area (Å²) in [7, 11) is 0. The minimum atomic E-state index is 0.228. The van der Waals surface area contributed by atoms with Gasteiger partial charge in [-0.15, -0.1) is 0 Å². The Morgan fingerprint density at radius 2 is 2.00 bits per heavy atom. The summed E-state index contributed by atoms with van der Waals surface area (Å²) in [6, 6.07) is 6.90. The van der Waals surface area contributed by atoms with E-state index in [1.165, 1.54) is 12.8 Å². The van der Waals surface area contributed by atoms with E-state index in [9.17, 15) is 5.11 Å². The van der Waals surface area contributed by atoms with Crippen molar-refractivity contribution in [2.45, 2.75) is 12.8 Å². The highest BCUT2D eigenvalue weighted by atomic mass is 16.3. The van der Waals surface area contributed by atoms with Gasteiger partial charge in [0, 0.05) is 18.7 Å². The van der Waals surface area contributed by atoms with Crippen LogP contribution in [0, 0.1) is 5.41 Å². The molecule has 14 heavy (non-hydrogen) atoms. The monoisotopic (exact) mass is 190 g/mol.